The number of methoxy groups -OCH3 is 2. The molecule has 0 saturated carbocycles. The number of nitrogens with one attached hydrogen (secondary N) is 1. The number of carbonyl (C=O) groups is 12. The number of aliphatic hydroxyl groups excluding tert-OH is 4. The first kappa shape index (κ1) is 72.2. The number of Topliss-reactive ketones (excluding diaryl/α,β-unsaturated/α-hetero) is 2. The molecule has 33 nitrogen and oxygen atoms in total. The molecule has 3 amide bonds. The molecule has 12 rings (SSSR count). The van der Waals surface area contributed by atoms with E-state index in [1.165, 1.54) is 57.5 Å². The number of aromatic hydroxyl groups is 4. The van der Waals surface area contributed by atoms with E-state index in [1.54, 1.807) is 6.92 Å². The molecule has 13 N–H and O–H groups in total. The Morgan fingerprint density at radius 3 is 1.41 bits per heavy atom. The number of hydroxylamine groups is 2. The average molecular weight is 1380 g/mol. The summed E-state index contributed by atoms with van der Waals surface area (Å²) in [5, 5.41) is 112. The zero-order valence-electron chi connectivity index (χ0n) is 53.3. The summed E-state index contributed by atoms with van der Waals surface area (Å²) in [6.45, 7) is 0.899. The van der Waals surface area contributed by atoms with Crippen LogP contribution in [-0.4, -0.2) is 214 Å². The normalized spacial score (nSPS) is 27.3. The van der Waals surface area contributed by atoms with Crippen molar-refractivity contribution in [3.05, 3.63) is 103 Å². The fraction of sp³-hybridized carbons (Fsp3) is 0.455. The molecule has 8 aliphatic rings. The first-order chi connectivity index (χ1) is 46.8. The Hall–Kier alpha value is -9.52. The molecule has 4 fully saturated rings. The van der Waals surface area contributed by atoms with Crippen molar-refractivity contribution in [3.63, 3.8) is 0 Å². The molecule has 4 aliphatic heterocycles. The van der Waals surface area contributed by atoms with Crippen LogP contribution >= 0.6 is 0 Å². The minimum absolute atomic E-state index is 0.0173. The molecule has 528 valence electrons. The van der Waals surface area contributed by atoms with Gasteiger partial charge in [0.25, 0.3) is 11.8 Å². The number of hydrogen-bond acceptors (Lipinski definition) is 31. The highest BCUT2D eigenvalue weighted by Gasteiger charge is 2.53. The Balaban J connectivity index is 0.000000202. The third-order valence-electron chi connectivity index (χ3n) is 18.4. The second-order valence-corrected chi connectivity index (χ2v) is 24.7. The lowest BCUT2D eigenvalue weighted by Gasteiger charge is -2.43. The number of amides is 3. The summed E-state index contributed by atoms with van der Waals surface area (Å²) in [5.74, 6) is -12.0. The fourth-order valence-corrected chi connectivity index (χ4v) is 13.3. The predicted molar refractivity (Wildman–Crippen MR) is 324 cm³/mol. The number of imide groups is 1. The first-order valence-electron chi connectivity index (χ1n) is 31.1. The van der Waals surface area contributed by atoms with Crippen LogP contribution in [0.25, 0.3) is 0 Å². The molecular formula is C66H69N3O30. The van der Waals surface area contributed by atoms with Gasteiger partial charge in [0.2, 0.25) is 17.5 Å². The van der Waals surface area contributed by atoms with Crippen LogP contribution in [0.15, 0.2) is 36.4 Å². The largest absolute Gasteiger partial charge is 0.507 e. The number of benzene rings is 4. The lowest BCUT2D eigenvalue weighted by molar-refractivity contribution is -0.249. The lowest BCUT2D eigenvalue weighted by Crippen LogP contribution is -2.56. The summed E-state index contributed by atoms with van der Waals surface area (Å²) in [4.78, 5) is 153. The van der Waals surface area contributed by atoms with Gasteiger partial charge in [0.05, 0.1) is 103 Å². The van der Waals surface area contributed by atoms with Crippen molar-refractivity contribution in [3.8, 4) is 34.5 Å². The van der Waals surface area contributed by atoms with Crippen molar-refractivity contribution in [2.45, 2.75) is 163 Å². The van der Waals surface area contributed by atoms with Crippen LogP contribution in [-0.2, 0) is 79.7 Å². The van der Waals surface area contributed by atoms with Crippen LogP contribution in [0.1, 0.15) is 176 Å². The van der Waals surface area contributed by atoms with Gasteiger partial charge in [-0.05, 0) is 26.0 Å². The molecule has 12 atom stereocenters. The van der Waals surface area contributed by atoms with Gasteiger partial charge in [0.1, 0.15) is 65.0 Å². The monoisotopic (exact) mass is 1380 g/mol. The van der Waals surface area contributed by atoms with Gasteiger partial charge in [-0.25, -0.2) is 4.79 Å². The summed E-state index contributed by atoms with van der Waals surface area (Å²) in [6, 6.07) is 6.80. The molecule has 0 bridgehead atoms. The van der Waals surface area contributed by atoms with Gasteiger partial charge in [-0.2, -0.15) is 0 Å². The number of nitrogens with zero attached hydrogens (tertiary/aromatic N) is 1. The van der Waals surface area contributed by atoms with Crippen molar-refractivity contribution in [2.24, 2.45) is 5.73 Å². The van der Waals surface area contributed by atoms with Gasteiger partial charge < -0.3 is 100 Å². The van der Waals surface area contributed by atoms with Gasteiger partial charge in [-0.15, -0.1) is 5.06 Å². The lowest BCUT2D eigenvalue weighted by atomic mass is 9.72. The second-order valence-electron chi connectivity index (χ2n) is 24.7. The molecule has 0 spiro atoms. The van der Waals surface area contributed by atoms with E-state index in [9.17, 15) is 109 Å². The molecule has 0 aromatic heterocycles. The predicted octanol–water partition coefficient (Wildman–Crippen LogP) is -0.602. The van der Waals surface area contributed by atoms with Crippen LogP contribution in [0.4, 0.5) is 0 Å². The number of rotatable bonds is 15. The topological polar surface area (TPSA) is 522 Å². The number of esters is 2. The summed E-state index contributed by atoms with van der Waals surface area (Å²) < 4.78 is 38.3. The van der Waals surface area contributed by atoms with Gasteiger partial charge in [-0.3, -0.25) is 52.7 Å². The number of nitrogens with two attached hydrogens (primary N) is 1. The Morgan fingerprint density at radius 1 is 0.586 bits per heavy atom. The zero-order valence-corrected chi connectivity index (χ0v) is 53.3. The number of carbonyl (C=O) groups excluding carboxylic acids is 12. The molecular weight excluding hydrogens is 1310 g/mol. The second kappa shape index (κ2) is 28.4. The van der Waals surface area contributed by atoms with Crippen molar-refractivity contribution in [1.82, 2.24) is 10.4 Å². The number of ketones is 6. The molecule has 4 saturated heterocycles. The highest BCUT2D eigenvalue weighted by Crippen LogP contribution is 2.55. The summed E-state index contributed by atoms with van der Waals surface area (Å²) in [5.41, 5.74) is -1.97. The molecule has 99 heavy (non-hydrogen) atoms. The molecule has 4 aromatic rings. The van der Waals surface area contributed by atoms with Crippen LogP contribution in [0.3, 0.4) is 0 Å². The smallest absolute Gasteiger partial charge is 0.333 e. The van der Waals surface area contributed by atoms with E-state index in [1.807, 2.05) is 0 Å². The Morgan fingerprint density at radius 2 is 1.01 bits per heavy atom. The Kier molecular flexibility index (Phi) is 20.7. The molecule has 0 radical (unpaired) electrons. The number of fused-ring (bicyclic) bond motifs is 6. The number of hydrogen-bond donors (Lipinski definition) is 12. The maximum absolute atomic E-state index is 13.9. The van der Waals surface area contributed by atoms with Crippen molar-refractivity contribution >= 4 is 70.3 Å². The number of ether oxygens (including phenoxy) is 7. The number of aliphatic hydroxyl groups is 6. The third kappa shape index (κ3) is 13.5. The van der Waals surface area contributed by atoms with Crippen LogP contribution in [0.2, 0.25) is 0 Å². The van der Waals surface area contributed by atoms with E-state index in [-0.39, 0.29) is 94.5 Å². The van der Waals surface area contributed by atoms with E-state index in [0.29, 0.717) is 5.06 Å². The van der Waals surface area contributed by atoms with Crippen molar-refractivity contribution < 1.29 is 147 Å². The highest BCUT2D eigenvalue weighted by molar-refractivity contribution is 6.32. The Bertz CT molecular complexity index is 4050. The van der Waals surface area contributed by atoms with Gasteiger partial charge in [-0.1, -0.05) is 24.3 Å². The third-order valence-corrected chi connectivity index (χ3v) is 18.4. The van der Waals surface area contributed by atoms with E-state index in [4.69, 9.17) is 39.0 Å². The van der Waals surface area contributed by atoms with E-state index in [2.05, 4.69) is 10.1 Å². The quantitative estimate of drug-likeness (QED) is 0.0264. The molecule has 33 heteroatoms. The van der Waals surface area contributed by atoms with E-state index >= 15 is 0 Å². The summed E-state index contributed by atoms with van der Waals surface area (Å²) >= 11 is 0. The molecule has 4 aliphatic carbocycles. The zero-order chi connectivity index (χ0) is 72.2. The van der Waals surface area contributed by atoms with E-state index < -0.39 is 240 Å². The molecule has 4 heterocycles. The fourth-order valence-electron chi connectivity index (χ4n) is 13.3. The van der Waals surface area contributed by atoms with Crippen molar-refractivity contribution in [2.75, 3.05) is 27.4 Å². The van der Waals surface area contributed by atoms with Gasteiger partial charge in [0, 0.05) is 97.2 Å². The number of cyclic esters (lactones) is 2. The van der Waals surface area contributed by atoms with Crippen LogP contribution in [0, 0.1) is 0 Å². The van der Waals surface area contributed by atoms with Crippen LogP contribution < -0.4 is 20.5 Å². The maximum Gasteiger partial charge on any atom is 0.333 e. The van der Waals surface area contributed by atoms with Crippen molar-refractivity contribution in [1.29, 1.82) is 0 Å². The highest BCUT2D eigenvalue weighted by atomic mass is 16.7. The van der Waals surface area contributed by atoms with Gasteiger partial charge >= 0.3 is 17.9 Å². The minimum Gasteiger partial charge on any atom is -0.507 e. The molecule has 4 aromatic carbocycles. The van der Waals surface area contributed by atoms with Crippen LogP contribution in [0.5, 0.6) is 34.5 Å². The maximum atomic E-state index is 13.9. The van der Waals surface area contributed by atoms with Gasteiger partial charge in [0.15, 0.2) is 35.7 Å². The van der Waals surface area contributed by atoms with E-state index in [0.717, 1.165) is 0 Å². The Labute approximate surface area is 559 Å². The minimum atomic E-state index is -2.39. The average Bonchev–Trinajstić information content (AvgIpc) is 0.842. The standard InChI is InChI=1S/C35H36N2O16.C27H29NO11.C4H4O3/c1-14-30(44)17(36-21(40)6-9-24(43)53-37-22(41)7-8-23(37)42)10-25(51-14)52-19-12-35(49,20(39)13-38)11-16-27(19)34(48)29-28(32(16)46)31(45)15-4-3-5-18(50-2)26(15)33(29)47;1-10-22(31)13(28)6-17(38-10)39-15-8-27(36,16(30)9-29)7-12-19(15)26(35)21-20(24(12)33)23(32)11-4-3-5-14(37-2)18(11)25(21)34;5-3-1-2-4(6)7-3/h3-5,14,17,19,25,30,38,44,46,48-49H,6-13H2,1-2H3,(H,36,40);3-5,10,13,15,17,22,29,31,33,35-36H,6-9,28H2,1-2H3;1-2H2/t14-,17-,19-,25?,30+,35-;10-,13-,15-,17?,22+,27-;/m00./s1. The number of phenolic OH excluding ortho intramolecular Hbond substituents is 4. The number of phenols is 4. The SMILES string of the molecule is COc1cccc2c1C(=O)c1c(O)c3c(c(O)c1C2=O)C[C@@](O)(C(=O)CO)C[C@@H]3OC1C[C@H](N)[C@H](O)[C@H](C)O1.COc1cccc2c1C(=O)c1c(O)c3c(c(O)c1C2=O)C[C@@](O)(C(=O)CO)C[C@@H]3OC1C[C@H](NC(=O)CCC(=O)ON2C(=O)CCC2=O)[C@H](O)[C@H](C)O1.O=C1CCC(=O)O1. The summed E-state index contributed by atoms with van der Waals surface area (Å²) in [6.07, 6.45) is -12.5. The first-order valence-corrected chi connectivity index (χ1v) is 31.1. The summed E-state index contributed by atoms with van der Waals surface area (Å²) in [7, 11) is 2.60. The molecule has 2 unspecified atom stereocenters.